The minimum atomic E-state index is 0.247. The van der Waals surface area contributed by atoms with E-state index in [1.165, 1.54) is 32.1 Å². The summed E-state index contributed by atoms with van der Waals surface area (Å²) in [7, 11) is 6.19. The zero-order chi connectivity index (χ0) is 18.2. The summed E-state index contributed by atoms with van der Waals surface area (Å²) in [5.41, 5.74) is 0. The second-order valence-corrected chi connectivity index (χ2v) is 7.71. The van der Waals surface area contributed by atoms with E-state index in [0.29, 0.717) is 18.5 Å². The van der Waals surface area contributed by atoms with Gasteiger partial charge in [-0.2, -0.15) is 0 Å². The maximum absolute atomic E-state index is 11.8. The van der Waals surface area contributed by atoms with E-state index in [0.717, 1.165) is 37.9 Å². The molecular weight excluding hydrogens is 314 g/mol. The third-order valence-corrected chi connectivity index (χ3v) is 5.74. The predicted molar refractivity (Wildman–Crippen MR) is 104 cm³/mol. The number of likely N-dealkylation sites (tertiary alicyclic amines) is 1. The monoisotopic (exact) mass is 351 g/mol. The van der Waals surface area contributed by atoms with E-state index >= 15 is 0 Å². The van der Waals surface area contributed by atoms with E-state index in [-0.39, 0.29) is 5.91 Å². The lowest BCUT2D eigenvalue weighted by atomic mass is 9.83. The molecule has 1 aliphatic carbocycles. The molecule has 2 unspecified atom stereocenters. The lowest BCUT2D eigenvalue weighted by Gasteiger charge is -2.35. The Morgan fingerprint density at radius 2 is 1.96 bits per heavy atom. The van der Waals surface area contributed by atoms with Crippen LogP contribution in [0.5, 0.6) is 0 Å². The van der Waals surface area contributed by atoms with Crippen molar-refractivity contribution in [3.63, 3.8) is 0 Å². The molecule has 2 fully saturated rings. The normalized spacial score (nSPS) is 23.8. The highest BCUT2D eigenvalue weighted by Crippen LogP contribution is 2.28. The third kappa shape index (κ3) is 5.87. The lowest BCUT2D eigenvalue weighted by molar-refractivity contribution is -0.129. The van der Waals surface area contributed by atoms with E-state index < -0.39 is 0 Å². The Morgan fingerprint density at radius 1 is 1.24 bits per heavy atom. The van der Waals surface area contributed by atoms with Gasteiger partial charge in [-0.05, 0) is 39.3 Å². The highest BCUT2D eigenvalue weighted by Gasteiger charge is 2.27. The smallest absolute Gasteiger partial charge is 0.222 e. The number of carbonyl (C=O) groups excluding carboxylic acids is 1. The van der Waals surface area contributed by atoms with Gasteiger partial charge in [0.15, 0.2) is 5.96 Å². The van der Waals surface area contributed by atoms with Gasteiger partial charge in [0.1, 0.15) is 0 Å². The fourth-order valence-electron chi connectivity index (χ4n) is 4.21. The van der Waals surface area contributed by atoms with Crippen LogP contribution in [0.25, 0.3) is 0 Å². The highest BCUT2D eigenvalue weighted by atomic mass is 16.2. The molecule has 1 saturated carbocycles. The van der Waals surface area contributed by atoms with E-state index in [4.69, 9.17) is 0 Å². The van der Waals surface area contributed by atoms with Crippen LogP contribution >= 0.6 is 0 Å². The topological polar surface area (TPSA) is 60.0 Å². The van der Waals surface area contributed by atoms with Crippen molar-refractivity contribution < 1.29 is 4.79 Å². The maximum atomic E-state index is 11.8. The minimum Gasteiger partial charge on any atom is -0.355 e. The van der Waals surface area contributed by atoms with Crippen molar-refractivity contribution in [3.05, 3.63) is 0 Å². The Labute approximate surface area is 153 Å². The van der Waals surface area contributed by atoms with Gasteiger partial charge in [0.2, 0.25) is 5.91 Å². The van der Waals surface area contributed by atoms with Crippen LogP contribution in [0.3, 0.4) is 0 Å². The fourth-order valence-corrected chi connectivity index (χ4v) is 4.21. The zero-order valence-electron chi connectivity index (χ0n) is 16.6. The van der Waals surface area contributed by atoms with Crippen LogP contribution in [0.1, 0.15) is 51.9 Å². The molecule has 2 rings (SSSR count). The molecule has 1 heterocycles. The van der Waals surface area contributed by atoms with Crippen LogP contribution in [0.4, 0.5) is 0 Å². The summed E-state index contributed by atoms with van der Waals surface area (Å²) < 4.78 is 0. The van der Waals surface area contributed by atoms with Gasteiger partial charge >= 0.3 is 0 Å². The molecular formula is C19H37N5O. The predicted octanol–water partition coefficient (Wildman–Crippen LogP) is 1.67. The first kappa shape index (κ1) is 20.0. The van der Waals surface area contributed by atoms with Gasteiger partial charge in [0.05, 0.1) is 0 Å². The summed E-state index contributed by atoms with van der Waals surface area (Å²) >= 11 is 0. The van der Waals surface area contributed by atoms with Gasteiger partial charge in [-0.15, -0.1) is 0 Å². The van der Waals surface area contributed by atoms with Gasteiger partial charge in [-0.25, -0.2) is 0 Å². The van der Waals surface area contributed by atoms with Crippen LogP contribution < -0.4 is 10.6 Å². The summed E-state index contributed by atoms with van der Waals surface area (Å²) in [6, 6.07) is 0.842. The lowest BCUT2D eigenvalue weighted by Crippen LogP contribution is -2.50. The molecule has 144 valence electrons. The first-order valence-corrected chi connectivity index (χ1v) is 9.96. The molecule has 1 aliphatic heterocycles. The molecule has 6 heteroatoms. The largest absolute Gasteiger partial charge is 0.355 e. The molecule has 1 saturated heterocycles. The van der Waals surface area contributed by atoms with Crippen molar-refractivity contribution in [1.29, 1.82) is 0 Å². The van der Waals surface area contributed by atoms with Crippen LogP contribution in [0.15, 0.2) is 4.99 Å². The fraction of sp³-hybridized carbons (Fsp3) is 0.895. The average Bonchev–Trinajstić information content (AvgIpc) is 3.09. The first-order valence-electron chi connectivity index (χ1n) is 9.96. The molecule has 0 aromatic carbocycles. The number of likely N-dealkylation sites (N-methyl/N-ethyl adjacent to an activating group) is 1. The van der Waals surface area contributed by atoms with Crippen LogP contribution in [-0.4, -0.2) is 74.5 Å². The maximum Gasteiger partial charge on any atom is 0.222 e. The third-order valence-electron chi connectivity index (χ3n) is 5.74. The Hall–Kier alpha value is -1.30. The number of hydrogen-bond donors (Lipinski definition) is 2. The molecule has 0 aromatic heterocycles. The number of aliphatic imine (C=N–C) groups is 1. The van der Waals surface area contributed by atoms with E-state index in [1.807, 2.05) is 18.9 Å². The second kappa shape index (κ2) is 10.00. The summed E-state index contributed by atoms with van der Waals surface area (Å²) in [5, 5.41) is 7.03. The number of nitrogens with one attached hydrogen (secondary N) is 2. The standard InChI is InChI=1S/C19H37N5O/c1-5-18(25)24-12-11-16(14-24)22-19(20-2)21-13-17(23(3)4)15-9-7-6-8-10-15/h15-17H,5-14H2,1-4H3,(H2,20,21,22). The number of nitrogens with zero attached hydrogens (tertiary/aromatic N) is 3. The van der Waals surface area contributed by atoms with Crippen molar-refractivity contribution in [2.75, 3.05) is 40.8 Å². The van der Waals surface area contributed by atoms with E-state index in [1.54, 1.807) is 0 Å². The van der Waals surface area contributed by atoms with Gasteiger partial charge in [0, 0.05) is 45.2 Å². The number of carbonyl (C=O) groups is 1. The van der Waals surface area contributed by atoms with Gasteiger partial charge in [-0.3, -0.25) is 9.79 Å². The van der Waals surface area contributed by atoms with Crippen molar-refractivity contribution in [2.45, 2.75) is 64.0 Å². The van der Waals surface area contributed by atoms with E-state index in [2.05, 4.69) is 34.6 Å². The van der Waals surface area contributed by atoms with E-state index in [9.17, 15) is 4.79 Å². The number of rotatable bonds is 6. The van der Waals surface area contributed by atoms with Gasteiger partial charge in [0.25, 0.3) is 0 Å². The van der Waals surface area contributed by atoms with Crippen molar-refractivity contribution in [2.24, 2.45) is 10.9 Å². The Kier molecular flexibility index (Phi) is 8.00. The molecule has 2 aliphatic rings. The molecule has 0 radical (unpaired) electrons. The molecule has 0 bridgehead atoms. The minimum absolute atomic E-state index is 0.247. The molecule has 1 amide bonds. The van der Waals surface area contributed by atoms with Crippen LogP contribution in [0.2, 0.25) is 0 Å². The van der Waals surface area contributed by atoms with Gasteiger partial charge in [-0.1, -0.05) is 26.2 Å². The molecule has 0 spiro atoms. The number of hydrogen-bond acceptors (Lipinski definition) is 3. The highest BCUT2D eigenvalue weighted by molar-refractivity contribution is 5.80. The quantitative estimate of drug-likeness (QED) is 0.565. The Balaban J connectivity index is 1.81. The van der Waals surface area contributed by atoms with Gasteiger partial charge < -0.3 is 20.4 Å². The SMILES string of the molecule is CCC(=O)N1CCC(NC(=NC)NCC(C2CCCCC2)N(C)C)C1. The Morgan fingerprint density at radius 3 is 2.56 bits per heavy atom. The molecule has 6 nitrogen and oxygen atoms in total. The summed E-state index contributed by atoms with van der Waals surface area (Å²) in [5.74, 6) is 1.88. The Bertz CT molecular complexity index is 445. The molecule has 2 atom stereocenters. The summed E-state index contributed by atoms with van der Waals surface area (Å²) in [6.45, 7) is 4.48. The second-order valence-electron chi connectivity index (χ2n) is 7.71. The summed E-state index contributed by atoms with van der Waals surface area (Å²) in [4.78, 5) is 20.5. The van der Waals surface area contributed by atoms with Crippen molar-refractivity contribution >= 4 is 11.9 Å². The number of amides is 1. The average molecular weight is 352 g/mol. The first-order chi connectivity index (χ1) is 12.0. The zero-order valence-corrected chi connectivity index (χ0v) is 16.6. The molecule has 0 aromatic rings. The van der Waals surface area contributed by atoms with Crippen molar-refractivity contribution in [1.82, 2.24) is 20.4 Å². The number of guanidine groups is 1. The van der Waals surface area contributed by atoms with Crippen molar-refractivity contribution in [3.8, 4) is 0 Å². The molecule has 25 heavy (non-hydrogen) atoms. The molecule has 2 N–H and O–H groups in total. The van der Waals surface area contributed by atoms with Crippen LogP contribution in [0, 0.1) is 5.92 Å². The van der Waals surface area contributed by atoms with Crippen LogP contribution in [-0.2, 0) is 4.79 Å². The summed E-state index contributed by atoms with van der Waals surface area (Å²) in [6.07, 6.45) is 8.39.